The molecule has 0 unspecified atom stereocenters. The normalized spacial score (nSPS) is 11.1. The van der Waals surface area contributed by atoms with Crippen molar-refractivity contribution in [2.75, 3.05) is 0 Å². The second-order valence-electron chi connectivity index (χ2n) is 3.02. The largest absolute Gasteiger partial charge is 0.339 e. The number of hydrogen-bond donors (Lipinski definition) is 2. The zero-order valence-electron chi connectivity index (χ0n) is 7.11. The van der Waals surface area contributed by atoms with Gasteiger partial charge >= 0.3 is 0 Å². The van der Waals surface area contributed by atoms with E-state index in [1.807, 2.05) is 24.3 Å². The highest BCUT2D eigenvalue weighted by atomic mass is 32.1. The molecule has 3 rings (SSSR count). The fourth-order valence-electron chi connectivity index (χ4n) is 1.55. The first kappa shape index (κ1) is 7.64. The van der Waals surface area contributed by atoms with Gasteiger partial charge in [0.2, 0.25) is 4.77 Å². The Kier molecular flexibility index (Phi) is 1.43. The smallest absolute Gasteiger partial charge is 0.219 e. The molecule has 0 amide bonds. The van der Waals surface area contributed by atoms with E-state index in [1.165, 1.54) is 0 Å². The third-order valence-corrected chi connectivity index (χ3v) is 2.34. The van der Waals surface area contributed by atoms with Gasteiger partial charge in [0.15, 0.2) is 0 Å². The molecule has 2 heterocycles. The first-order chi connectivity index (χ1) is 6.84. The second-order valence-corrected chi connectivity index (χ2v) is 3.41. The molecule has 0 spiro atoms. The Balaban J connectivity index is 2.63. The minimum absolute atomic E-state index is 0.393. The molecule has 0 radical (unpaired) electrons. The van der Waals surface area contributed by atoms with E-state index in [-0.39, 0.29) is 0 Å². The molecule has 0 saturated carbocycles. The van der Waals surface area contributed by atoms with Crippen LogP contribution in [0.2, 0.25) is 0 Å². The molecule has 2 aromatic heterocycles. The van der Waals surface area contributed by atoms with E-state index in [1.54, 1.807) is 0 Å². The lowest BCUT2D eigenvalue weighted by Crippen LogP contribution is -1.86. The predicted octanol–water partition coefficient (Wildman–Crippen LogP) is 2.17. The summed E-state index contributed by atoms with van der Waals surface area (Å²) in [6.07, 6.45) is 0. The van der Waals surface area contributed by atoms with Gasteiger partial charge < -0.3 is 9.97 Å². The molecule has 2 N–H and O–H groups in total. The molecule has 14 heavy (non-hydrogen) atoms. The van der Waals surface area contributed by atoms with Crippen molar-refractivity contribution < 1.29 is 0 Å². The van der Waals surface area contributed by atoms with Crippen LogP contribution in [0.1, 0.15) is 0 Å². The monoisotopic (exact) mass is 204 g/mol. The van der Waals surface area contributed by atoms with Gasteiger partial charge in [-0.15, -0.1) is 10.2 Å². The maximum atomic E-state index is 4.89. The predicted molar refractivity (Wildman–Crippen MR) is 56.6 cm³/mol. The van der Waals surface area contributed by atoms with Gasteiger partial charge in [-0.2, -0.15) is 0 Å². The summed E-state index contributed by atoms with van der Waals surface area (Å²) < 4.78 is 0.393. The number of H-pyrrole nitrogens is 2. The molecule has 0 aliphatic carbocycles. The van der Waals surface area contributed by atoms with Crippen LogP contribution in [0.25, 0.3) is 22.1 Å². The quantitative estimate of drug-likeness (QED) is 0.552. The Morgan fingerprint density at radius 2 is 2.00 bits per heavy atom. The second kappa shape index (κ2) is 2.62. The average Bonchev–Trinajstić information content (AvgIpc) is 2.54. The van der Waals surface area contributed by atoms with E-state index in [0.717, 1.165) is 22.1 Å². The van der Waals surface area contributed by atoms with Crippen molar-refractivity contribution in [3.05, 3.63) is 29.0 Å². The highest BCUT2D eigenvalue weighted by Crippen LogP contribution is 2.20. The van der Waals surface area contributed by atoms with Crippen molar-refractivity contribution >= 4 is 34.3 Å². The third-order valence-electron chi connectivity index (χ3n) is 2.15. The van der Waals surface area contributed by atoms with Gasteiger partial charge in [0.05, 0.1) is 0 Å². The maximum absolute atomic E-state index is 4.89. The van der Waals surface area contributed by atoms with Gasteiger partial charge in [0.1, 0.15) is 11.2 Å². The number of nitrogens with zero attached hydrogens (tertiary/aromatic N) is 2. The van der Waals surface area contributed by atoms with Crippen LogP contribution in [0.4, 0.5) is 0 Å². The number of fused-ring (bicyclic) bond motifs is 3. The number of rotatable bonds is 0. The first-order valence-electron chi connectivity index (χ1n) is 4.18. The van der Waals surface area contributed by atoms with Crippen LogP contribution in [-0.4, -0.2) is 20.2 Å². The number of nitrogens with one attached hydrogen (secondary N) is 2. The fraction of sp³-hybridized carbons (Fsp3) is 0. The van der Waals surface area contributed by atoms with Crippen molar-refractivity contribution in [1.29, 1.82) is 0 Å². The summed E-state index contributed by atoms with van der Waals surface area (Å²) in [7, 11) is 0. The molecule has 1 aromatic carbocycles. The molecule has 68 valence electrons. The van der Waals surface area contributed by atoms with Crippen molar-refractivity contribution in [3.8, 4) is 0 Å². The Hall–Kier alpha value is -1.75. The molecule has 0 atom stereocenters. The van der Waals surface area contributed by atoms with Crippen LogP contribution >= 0.6 is 12.2 Å². The molecule has 4 nitrogen and oxygen atoms in total. The van der Waals surface area contributed by atoms with E-state index in [2.05, 4.69) is 20.2 Å². The summed E-state index contributed by atoms with van der Waals surface area (Å²) in [5.41, 5.74) is 2.69. The van der Waals surface area contributed by atoms with E-state index in [4.69, 9.17) is 12.2 Å². The lowest BCUT2D eigenvalue weighted by Gasteiger charge is -1.87. The molecular weight excluding hydrogens is 198 g/mol. The van der Waals surface area contributed by atoms with Gasteiger partial charge in [-0.25, -0.2) is 0 Å². The van der Waals surface area contributed by atoms with Gasteiger partial charge in [-0.1, -0.05) is 18.2 Å². The van der Waals surface area contributed by atoms with Gasteiger partial charge in [-0.3, -0.25) is 0 Å². The summed E-state index contributed by atoms with van der Waals surface area (Å²) in [5.74, 6) is 0. The number of benzene rings is 1. The molecule has 0 fully saturated rings. The Bertz CT molecular complexity index is 667. The Labute approximate surface area is 84.0 Å². The molecular formula is C9H6N4S. The summed E-state index contributed by atoms with van der Waals surface area (Å²) in [6, 6.07) is 7.94. The summed E-state index contributed by atoms with van der Waals surface area (Å²) in [4.78, 5) is 6.16. The van der Waals surface area contributed by atoms with Crippen LogP contribution in [0, 0.1) is 4.77 Å². The number of aromatic amines is 2. The number of hydrogen-bond acceptors (Lipinski definition) is 3. The van der Waals surface area contributed by atoms with E-state index in [0.29, 0.717) is 4.77 Å². The SMILES string of the molecule is S=c1nnc2c3ccccc3[nH][14c]2[nH]1. The van der Waals surface area contributed by atoms with Crippen LogP contribution in [0.5, 0.6) is 0 Å². The summed E-state index contributed by atoms with van der Waals surface area (Å²) in [6.45, 7) is 0. The van der Waals surface area contributed by atoms with E-state index in [9.17, 15) is 0 Å². The van der Waals surface area contributed by atoms with E-state index < -0.39 is 0 Å². The topological polar surface area (TPSA) is 57.4 Å². The van der Waals surface area contributed by atoms with Crippen LogP contribution in [-0.2, 0) is 0 Å². The Morgan fingerprint density at radius 1 is 1.14 bits per heavy atom. The zero-order valence-corrected chi connectivity index (χ0v) is 7.93. The lowest BCUT2D eigenvalue weighted by molar-refractivity contribution is 0.999. The standard InChI is InChI=1S/C9H6N4S/c14-9-11-8-7(12-13-9)5-3-1-2-4-6(5)10-8/h1-4H,(H2,10,11,13,14)/i8+2. The minimum atomic E-state index is 0.393. The van der Waals surface area contributed by atoms with Crippen molar-refractivity contribution in [3.63, 3.8) is 0 Å². The average molecular weight is 204 g/mol. The minimum Gasteiger partial charge on any atom is -0.339 e. The fourth-order valence-corrected chi connectivity index (χ4v) is 1.69. The number of para-hydroxylation sites is 1. The molecule has 0 bridgehead atoms. The van der Waals surface area contributed by atoms with Gasteiger partial charge in [0, 0.05) is 10.9 Å². The van der Waals surface area contributed by atoms with Crippen molar-refractivity contribution in [2.24, 2.45) is 0 Å². The van der Waals surface area contributed by atoms with Crippen LogP contribution < -0.4 is 0 Å². The first-order valence-corrected chi connectivity index (χ1v) is 4.59. The highest BCUT2D eigenvalue weighted by Gasteiger charge is 2.04. The molecule has 3 aromatic rings. The van der Waals surface area contributed by atoms with Crippen LogP contribution in [0.3, 0.4) is 0 Å². The molecule has 5 heteroatoms. The summed E-state index contributed by atoms with van der Waals surface area (Å²) >= 11 is 4.89. The number of aromatic nitrogens is 4. The Morgan fingerprint density at radius 3 is 2.93 bits per heavy atom. The zero-order chi connectivity index (χ0) is 9.54. The van der Waals surface area contributed by atoms with Crippen LogP contribution in [0.15, 0.2) is 24.3 Å². The van der Waals surface area contributed by atoms with Gasteiger partial charge in [-0.05, 0) is 18.3 Å². The highest BCUT2D eigenvalue weighted by molar-refractivity contribution is 7.71. The lowest BCUT2D eigenvalue weighted by atomic mass is 10.2. The van der Waals surface area contributed by atoms with Gasteiger partial charge in [0.25, 0.3) is 0 Å². The molecule has 0 aliphatic rings. The maximum Gasteiger partial charge on any atom is 0.219 e. The third kappa shape index (κ3) is 0.958. The molecule has 0 saturated heterocycles. The van der Waals surface area contributed by atoms with Crippen molar-refractivity contribution in [1.82, 2.24) is 20.2 Å². The summed E-state index contributed by atoms with van der Waals surface area (Å²) in [5, 5.41) is 8.93. The van der Waals surface area contributed by atoms with E-state index >= 15 is 0 Å². The van der Waals surface area contributed by atoms with Crippen molar-refractivity contribution in [2.45, 2.75) is 0 Å². The molecule has 0 aliphatic heterocycles.